The molecule has 98 valence electrons. The van der Waals surface area contributed by atoms with Gasteiger partial charge < -0.3 is 4.84 Å². The summed E-state index contributed by atoms with van der Waals surface area (Å²) in [5, 5.41) is 0. The van der Waals surface area contributed by atoms with Crippen LogP contribution < -0.4 is 5.48 Å². The second-order valence-corrected chi connectivity index (χ2v) is 4.63. The third-order valence-corrected chi connectivity index (χ3v) is 2.81. The molecule has 0 spiro atoms. The average molecular weight is 245 g/mol. The van der Waals surface area contributed by atoms with Crippen LogP contribution in [0.2, 0.25) is 0 Å². The molecule has 0 radical (unpaired) electrons. The van der Waals surface area contributed by atoms with Gasteiger partial charge in [-0.15, -0.1) is 6.58 Å². The Hall–Kier alpha value is -1.38. The summed E-state index contributed by atoms with van der Waals surface area (Å²) in [6.45, 7) is 8.14. The van der Waals surface area contributed by atoms with Crippen molar-refractivity contribution in [1.29, 1.82) is 0 Å². The predicted octanol–water partition coefficient (Wildman–Crippen LogP) is 3.92. The summed E-state index contributed by atoms with van der Waals surface area (Å²) in [7, 11) is 1.63. The van der Waals surface area contributed by atoms with Crippen molar-refractivity contribution in [2.45, 2.75) is 32.2 Å². The number of hydroxylamine groups is 1. The Balaban J connectivity index is 2.66. The van der Waals surface area contributed by atoms with Gasteiger partial charge in [0.2, 0.25) is 0 Å². The highest BCUT2D eigenvalue weighted by atomic mass is 16.6. The Kier molecular flexibility index (Phi) is 6.40. The van der Waals surface area contributed by atoms with E-state index < -0.39 is 0 Å². The molecule has 0 saturated carbocycles. The third kappa shape index (κ3) is 4.86. The van der Waals surface area contributed by atoms with Crippen LogP contribution in [0.25, 0.3) is 6.08 Å². The summed E-state index contributed by atoms with van der Waals surface area (Å²) in [5.41, 5.74) is 5.49. The molecule has 1 N–H and O–H groups in total. The topological polar surface area (TPSA) is 21.3 Å². The Morgan fingerprint density at radius 2 is 1.94 bits per heavy atom. The van der Waals surface area contributed by atoms with E-state index in [1.165, 1.54) is 11.1 Å². The number of hydrogen-bond acceptors (Lipinski definition) is 2. The monoisotopic (exact) mass is 245 g/mol. The van der Waals surface area contributed by atoms with Gasteiger partial charge in [-0.25, -0.2) is 0 Å². The predicted molar refractivity (Wildman–Crippen MR) is 78.3 cm³/mol. The lowest BCUT2D eigenvalue weighted by molar-refractivity contribution is 0.0746. The maximum absolute atomic E-state index is 4.95. The lowest BCUT2D eigenvalue weighted by Gasteiger charge is -2.10. The number of rotatable bonds is 7. The van der Waals surface area contributed by atoms with Gasteiger partial charge in [-0.2, -0.15) is 5.48 Å². The lowest BCUT2D eigenvalue weighted by Crippen LogP contribution is -2.25. The lowest BCUT2D eigenvalue weighted by atomic mass is 10.0. The number of hydrogen-bond donors (Lipinski definition) is 1. The van der Waals surface area contributed by atoms with E-state index in [2.05, 4.69) is 62.3 Å². The van der Waals surface area contributed by atoms with E-state index >= 15 is 0 Å². The largest absolute Gasteiger partial charge is 0.305 e. The second-order valence-electron chi connectivity index (χ2n) is 4.63. The number of benzene rings is 1. The van der Waals surface area contributed by atoms with Crippen molar-refractivity contribution < 1.29 is 4.84 Å². The van der Waals surface area contributed by atoms with Crippen LogP contribution in [-0.2, 0) is 4.84 Å². The Labute approximate surface area is 110 Å². The molecular formula is C16H23NO. The summed E-state index contributed by atoms with van der Waals surface area (Å²) in [6.07, 6.45) is 6.91. The van der Waals surface area contributed by atoms with Crippen LogP contribution in [0.1, 0.15) is 37.3 Å². The van der Waals surface area contributed by atoms with Crippen LogP contribution in [0.5, 0.6) is 0 Å². The summed E-state index contributed by atoms with van der Waals surface area (Å²) < 4.78 is 0. The highest BCUT2D eigenvalue weighted by Crippen LogP contribution is 2.15. The van der Waals surface area contributed by atoms with Gasteiger partial charge in [0.1, 0.15) is 0 Å². The molecule has 0 fully saturated rings. The molecule has 0 aliphatic rings. The van der Waals surface area contributed by atoms with Crippen molar-refractivity contribution >= 4 is 6.08 Å². The van der Waals surface area contributed by atoms with Gasteiger partial charge in [-0.05, 0) is 23.5 Å². The zero-order valence-corrected chi connectivity index (χ0v) is 11.5. The van der Waals surface area contributed by atoms with Crippen LogP contribution in [-0.4, -0.2) is 13.2 Å². The van der Waals surface area contributed by atoms with Gasteiger partial charge in [-0.1, -0.05) is 56.3 Å². The first kappa shape index (κ1) is 14.7. The SMILES string of the molecule is C=CCC(/C=C/c1ccc(C(C)C)cc1)NOC. The van der Waals surface area contributed by atoms with Gasteiger partial charge in [0.25, 0.3) is 0 Å². The molecule has 1 unspecified atom stereocenters. The van der Waals surface area contributed by atoms with Gasteiger partial charge in [0, 0.05) is 0 Å². The van der Waals surface area contributed by atoms with Crippen molar-refractivity contribution in [3.63, 3.8) is 0 Å². The minimum Gasteiger partial charge on any atom is -0.305 e. The van der Waals surface area contributed by atoms with Gasteiger partial charge in [-0.3, -0.25) is 0 Å². The van der Waals surface area contributed by atoms with Crippen molar-refractivity contribution in [1.82, 2.24) is 5.48 Å². The van der Waals surface area contributed by atoms with E-state index in [1.54, 1.807) is 7.11 Å². The number of nitrogens with one attached hydrogen (secondary N) is 1. The fraction of sp³-hybridized carbons (Fsp3) is 0.375. The molecule has 0 saturated heterocycles. The van der Waals surface area contributed by atoms with E-state index in [0.717, 1.165) is 6.42 Å². The van der Waals surface area contributed by atoms with E-state index in [9.17, 15) is 0 Å². The van der Waals surface area contributed by atoms with Crippen LogP contribution in [0.4, 0.5) is 0 Å². The molecule has 0 heterocycles. The van der Waals surface area contributed by atoms with Crippen molar-refractivity contribution in [2.24, 2.45) is 0 Å². The molecule has 0 aliphatic carbocycles. The summed E-state index contributed by atoms with van der Waals surface area (Å²) >= 11 is 0. The first-order chi connectivity index (χ1) is 8.67. The fourth-order valence-corrected chi connectivity index (χ4v) is 1.72. The molecule has 1 rings (SSSR count). The summed E-state index contributed by atoms with van der Waals surface area (Å²) in [5.74, 6) is 0.576. The maximum Gasteiger partial charge on any atom is 0.0572 e. The zero-order valence-electron chi connectivity index (χ0n) is 11.5. The Bertz CT molecular complexity index is 379. The van der Waals surface area contributed by atoms with E-state index in [1.807, 2.05) is 6.08 Å². The molecule has 0 aliphatic heterocycles. The quantitative estimate of drug-likeness (QED) is 0.580. The van der Waals surface area contributed by atoms with Gasteiger partial charge >= 0.3 is 0 Å². The molecule has 18 heavy (non-hydrogen) atoms. The van der Waals surface area contributed by atoms with Crippen LogP contribution in [0, 0.1) is 0 Å². The Morgan fingerprint density at radius 1 is 1.28 bits per heavy atom. The molecule has 0 amide bonds. The first-order valence-corrected chi connectivity index (χ1v) is 6.35. The van der Waals surface area contributed by atoms with E-state index in [0.29, 0.717) is 5.92 Å². The fourth-order valence-electron chi connectivity index (χ4n) is 1.72. The van der Waals surface area contributed by atoms with Crippen molar-refractivity contribution in [2.75, 3.05) is 7.11 Å². The van der Waals surface area contributed by atoms with E-state index in [-0.39, 0.29) is 6.04 Å². The van der Waals surface area contributed by atoms with E-state index in [4.69, 9.17) is 4.84 Å². The molecule has 2 heteroatoms. The second kappa shape index (κ2) is 7.85. The minimum atomic E-state index is 0.164. The van der Waals surface area contributed by atoms with Crippen LogP contribution >= 0.6 is 0 Å². The summed E-state index contributed by atoms with van der Waals surface area (Å²) in [4.78, 5) is 4.95. The molecule has 0 aromatic heterocycles. The maximum atomic E-state index is 4.95. The van der Waals surface area contributed by atoms with Crippen LogP contribution in [0.3, 0.4) is 0 Å². The molecule has 2 nitrogen and oxygen atoms in total. The molecule has 1 aromatic carbocycles. The normalized spacial score (nSPS) is 13.1. The molecular weight excluding hydrogens is 222 g/mol. The zero-order chi connectivity index (χ0) is 13.4. The van der Waals surface area contributed by atoms with Gasteiger partial charge in [0.05, 0.1) is 13.2 Å². The highest BCUT2D eigenvalue weighted by molar-refractivity contribution is 5.50. The minimum absolute atomic E-state index is 0.164. The molecule has 0 bridgehead atoms. The summed E-state index contributed by atoms with van der Waals surface area (Å²) in [6, 6.07) is 8.80. The standard InChI is InChI=1S/C16H23NO/c1-5-6-16(17-18-4)12-9-14-7-10-15(11-8-14)13(2)3/h5,7-13,16-17H,1,6H2,2-4H3/b12-9+. The average Bonchev–Trinajstić information content (AvgIpc) is 2.37. The van der Waals surface area contributed by atoms with Gasteiger partial charge in [0.15, 0.2) is 0 Å². The Morgan fingerprint density at radius 3 is 2.44 bits per heavy atom. The molecule has 1 atom stereocenters. The first-order valence-electron chi connectivity index (χ1n) is 6.35. The van der Waals surface area contributed by atoms with Crippen LogP contribution in [0.15, 0.2) is 43.0 Å². The third-order valence-electron chi connectivity index (χ3n) is 2.81. The van der Waals surface area contributed by atoms with Crippen molar-refractivity contribution in [3.8, 4) is 0 Å². The van der Waals surface area contributed by atoms with Crippen molar-refractivity contribution in [3.05, 3.63) is 54.1 Å². The highest BCUT2D eigenvalue weighted by Gasteiger charge is 2.01. The molecule has 1 aromatic rings. The smallest absolute Gasteiger partial charge is 0.0572 e.